The number of ether oxygens (including phenoxy) is 1. The minimum absolute atomic E-state index is 0.0131. The first-order valence-corrected chi connectivity index (χ1v) is 7.09. The largest absolute Gasteiger partial charge is 0.444 e. The molecule has 2 aliphatic heterocycles. The van der Waals surface area contributed by atoms with Gasteiger partial charge < -0.3 is 10.1 Å². The van der Waals surface area contributed by atoms with Gasteiger partial charge in [-0.1, -0.05) is 11.2 Å². The first-order valence-electron chi connectivity index (χ1n) is 7.09. The predicted molar refractivity (Wildman–Crippen MR) is 79.6 cm³/mol. The summed E-state index contributed by atoms with van der Waals surface area (Å²) in [5.41, 5.74) is 10.8. The molecule has 0 saturated carbocycles. The summed E-state index contributed by atoms with van der Waals surface area (Å²) in [5, 5.41) is 6.27. The second-order valence-electron chi connectivity index (χ2n) is 5.25. The number of cyclic esters (lactones) is 1. The Balaban J connectivity index is 1.74. The number of nitrogens with zero attached hydrogens (tertiary/aromatic N) is 4. The Bertz CT molecular complexity index is 668. The molecule has 2 heterocycles. The summed E-state index contributed by atoms with van der Waals surface area (Å²) in [4.78, 5) is 27.6. The molecule has 0 bridgehead atoms. The molecule has 8 nitrogen and oxygen atoms in total. The fraction of sp³-hybridized carbons (Fsp3) is 0.429. The number of anilines is 2. The SMILES string of the molecule is [N-]=[N+]=NCCC1CN(c2ccc3c(c2)NC(=O)CC3)C(=O)O1. The summed E-state index contributed by atoms with van der Waals surface area (Å²) >= 11 is 0. The third-order valence-corrected chi connectivity index (χ3v) is 3.79. The number of aryl methyl sites for hydroxylation is 1. The number of fused-ring (bicyclic) bond motifs is 1. The van der Waals surface area contributed by atoms with Crippen LogP contribution < -0.4 is 10.2 Å². The van der Waals surface area contributed by atoms with Gasteiger partial charge in [-0.15, -0.1) is 0 Å². The molecule has 3 rings (SSSR count). The number of carbonyl (C=O) groups is 2. The number of amides is 2. The van der Waals surface area contributed by atoms with Crippen molar-refractivity contribution in [2.45, 2.75) is 25.4 Å². The monoisotopic (exact) mass is 301 g/mol. The van der Waals surface area contributed by atoms with E-state index in [0.29, 0.717) is 38.0 Å². The number of hydrogen-bond donors (Lipinski definition) is 1. The summed E-state index contributed by atoms with van der Waals surface area (Å²) in [6.45, 7) is 0.703. The zero-order valence-corrected chi connectivity index (χ0v) is 11.9. The summed E-state index contributed by atoms with van der Waals surface area (Å²) in [7, 11) is 0. The van der Waals surface area contributed by atoms with E-state index in [1.54, 1.807) is 6.07 Å². The maximum atomic E-state index is 12.0. The highest BCUT2D eigenvalue weighted by Crippen LogP contribution is 2.30. The third kappa shape index (κ3) is 2.82. The minimum Gasteiger partial charge on any atom is -0.444 e. The summed E-state index contributed by atoms with van der Waals surface area (Å²) < 4.78 is 5.26. The lowest BCUT2D eigenvalue weighted by Gasteiger charge is -2.20. The lowest BCUT2D eigenvalue weighted by Crippen LogP contribution is -2.25. The molecule has 0 radical (unpaired) electrons. The fourth-order valence-corrected chi connectivity index (χ4v) is 2.66. The Morgan fingerprint density at radius 2 is 2.27 bits per heavy atom. The van der Waals surface area contributed by atoms with E-state index in [9.17, 15) is 9.59 Å². The molecular formula is C14H15N5O3. The van der Waals surface area contributed by atoms with Crippen LogP contribution in [0.25, 0.3) is 10.4 Å². The van der Waals surface area contributed by atoms with Crippen molar-refractivity contribution < 1.29 is 14.3 Å². The lowest BCUT2D eigenvalue weighted by atomic mass is 10.0. The van der Waals surface area contributed by atoms with Crippen molar-refractivity contribution >= 4 is 23.4 Å². The molecule has 2 amide bonds. The quantitative estimate of drug-likeness (QED) is 0.524. The van der Waals surface area contributed by atoms with Crippen molar-refractivity contribution in [1.29, 1.82) is 0 Å². The van der Waals surface area contributed by atoms with Crippen molar-refractivity contribution in [3.05, 3.63) is 34.2 Å². The van der Waals surface area contributed by atoms with E-state index in [4.69, 9.17) is 10.3 Å². The van der Waals surface area contributed by atoms with Gasteiger partial charge in [-0.25, -0.2) is 4.79 Å². The average Bonchev–Trinajstić information content (AvgIpc) is 2.87. The molecule has 8 heteroatoms. The molecule has 0 aliphatic carbocycles. The minimum atomic E-state index is -0.423. The number of hydrogen-bond acceptors (Lipinski definition) is 4. The van der Waals surface area contributed by atoms with Crippen molar-refractivity contribution in [2.24, 2.45) is 5.11 Å². The topological polar surface area (TPSA) is 107 Å². The van der Waals surface area contributed by atoms with Crippen LogP contribution in [0.5, 0.6) is 0 Å². The van der Waals surface area contributed by atoms with Gasteiger partial charge >= 0.3 is 6.09 Å². The molecule has 0 aromatic heterocycles. The molecule has 1 unspecified atom stereocenters. The van der Waals surface area contributed by atoms with Gasteiger partial charge in [-0.2, -0.15) is 0 Å². The molecule has 1 atom stereocenters. The molecule has 1 saturated heterocycles. The van der Waals surface area contributed by atoms with Gasteiger partial charge in [0.2, 0.25) is 5.91 Å². The molecule has 114 valence electrons. The van der Waals surface area contributed by atoms with Gasteiger partial charge in [-0.05, 0) is 36.1 Å². The standard InChI is InChI=1S/C14H15N5O3/c15-18-16-6-5-11-8-19(14(21)22-11)10-3-1-9-2-4-13(20)17-12(9)7-10/h1,3,7,11H,2,4-6,8H2,(H,17,20). The van der Waals surface area contributed by atoms with E-state index in [-0.39, 0.29) is 12.0 Å². The maximum Gasteiger partial charge on any atom is 0.414 e. The molecule has 1 aromatic rings. The smallest absolute Gasteiger partial charge is 0.414 e. The Morgan fingerprint density at radius 3 is 3.09 bits per heavy atom. The second kappa shape index (κ2) is 5.95. The highest BCUT2D eigenvalue weighted by atomic mass is 16.6. The van der Waals surface area contributed by atoms with Crippen LogP contribution in [0.3, 0.4) is 0 Å². The third-order valence-electron chi connectivity index (χ3n) is 3.79. The fourth-order valence-electron chi connectivity index (χ4n) is 2.66. The second-order valence-corrected chi connectivity index (χ2v) is 5.25. The number of carbonyl (C=O) groups excluding carboxylic acids is 2. The Labute approximate surface area is 126 Å². The molecule has 22 heavy (non-hydrogen) atoms. The molecule has 2 aliphatic rings. The number of benzene rings is 1. The van der Waals surface area contributed by atoms with Crippen LogP contribution in [0.15, 0.2) is 23.3 Å². The van der Waals surface area contributed by atoms with Gasteiger partial charge in [0.1, 0.15) is 6.10 Å². The molecule has 1 aromatic carbocycles. The Morgan fingerprint density at radius 1 is 1.41 bits per heavy atom. The van der Waals surface area contributed by atoms with Crippen LogP contribution in [0.1, 0.15) is 18.4 Å². The van der Waals surface area contributed by atoms with E-state index < -0.39 is 6.09 Å². The highest BCUT2D eigenvalue weighted by molar-refractivity contribution is 5.96. The van der Waals surface area contributed by atoms with Crippen molar-refractivity contribution in [1.82, 2.24) is 0 Å². The van der Waals surface area contributed by atoms with Crippen LogP contribution in [0.2, 0.25) is 0 Å². The zero-order chi connectivity index (χ0) is 15.5. The highest BCUT2D eigenvalue weighted by Gasteiger charge is 2.32. The van der Waals surface area contributed by atoms with Crippen LogP contribution >= 0.6 is 0 Å². The molecular weight excluding hydrogens is 286 g/mol. The molecule has 0 spiro atoms. The molecule has 1 fully saturated rings. The van der Waals surface area contributed by atoms with E-state index in [1.807, 2.05) is 12.1 Å². The number of azide groups is 1. The van der Waals surface area contributed by atoms with Gasteiger partial charge in [0, 0.05) is 29.3 Å². The Kier molecular flexibility index (Phi) is 3.84. The van der Waals surface area contributed by atoms with Gasteiger partial charge in [0.25, 0.3) is 0 Å². The van der Waals surface area contributed by atoms with Crippen molar-refractivity contribution in [3.63, 3.8) is 0 Å². The van der Waals surface area contributed by atoms with Crippen LogP contribution in [0.4, 0.5) is 16.2 Å². The van der Waals surface area contributed by atoms with E-state index in [1.165, 1.54) is 4.90 Å². The first-order chi connectivity index (χ1) is 10.7. The van der Waals surface area contributed by atoms with E-state index in [2.05, 4.69) is 15.3 Å². The summed E-state index contributed by atoms with van der Waals surface area (Å²) in [6, 6.07) is 5.57. The van der Waals surface area contributed by atoms with Crippen LogP contribution in [-0.2, 0) is 16.0 Å². The maximum absolute atomic E-state index is 12.0. The van der Waals surface area contributed by atoms with Crippen LogP contribution in [-0.4, -0.2) is 31.2 Å². The van der Waals surface area contributed by atoms with Gasteiger partial charge in [-0.3, -0.25) is 9.69 Å². The van der Waals surface area contributed by atoms with Gasteiger partial charge in [0.05, 0.1) is 6.54 Å². The summed E-state index contributed by atoms with van der Waals surface area (Å²) in [6.07, 6.45) is 0.977. The van der Waals surface area contributed by atoms with Crippen molar-refractivity contribution in [3.8, 4) is 0 Å². The van der Waals surface area contributed by atoms with E-state index in [0.717, 1.165) is 11.3 Å². The zero-order valence-electron chi connectivity index (χ0n) is 11.9. The first kappa shape index (κ1) is 14.2. The molecule has 1 N–H and O–H groups in total. The van der Waals surface area contributed by atoms with Gasteiger partial charge in [0.15, 0.2) is 0 Å². The normalized spacial score (nSPS) is 20.0. The van der Waals surface area contributed by atoms with Crippen molar-refractivity contribution in [2.75, 3.05) is 23.3 Å². The Hall–Kier alpha value is -2.73. The van der Waals surface area contributed by atoms with Crippen LogP contribution in [0, 0.1) is 0 Å². The summed E-state index contributed by atoms with van der Waals surface area (Å²) in [5.74, 6) is -0.0131. The number of nitrogens with one attached hydrogen (secondary N) is 1. The predicted octanol–water partition coefficient (Wildman–Crippen LogP) is 2.60. The van der Waals surface area contributed by atoms with E-state index >= 15 is 0 Å². The lowest BCUT2D eigenvalue weighted by molar-refractivity contribution is -0.116. The average molecular weight is 301 g/mol. The number of rotatable bonds is 4.